The number of methoxy groups -OCH3 is 1. The van der Waals surface area contributed by atoms with E-state index < -0.39 is 6.10 Å². The standard InChI is InChI=1S/C21H22ClNO3S/c1-25-20-11-15(12-23-13-19(24)16-6-3-2-4-7-16)10-18(22)21(20)26-14-17-8-5-9-27-17/h2-11,19,23-24H,12-14H2,1H3/t19-/m0/s1. The number of benzene rings is 2. The van der Waals surface area contributed by atoms with Crippen molar-refractivity contribution in [1.29, 1.82) is 0 Å². The van der Waals surface area contributed by atoms with E-state index in [1.54, 1.807) is 18.4 Å². The van der Waals surface area contributed by atoms with Gasteiger partial charge in [-0.2, -0.15) is 0 Å². The highest BCUT2D eigenvalue weighted by atomic mass is 35.5. The number of rotatable bonds is 9. The molecule has 0 bridgehead atoms. The topological polar surface area (TPSA) is 50.7 Å². The van der Waals surface area contributed by atoms with Crippen molar-refractivity contribution >= 4 is 22.9 Å². The molecule has 0 fully saturated rings. The number of nitrogens with one attached hydrogen (secondary N) is 1. The second kappa shape index (κ2) is 9.76. The first kappa shape index (κ1) is 19.7. The molecule has 3 rings (SSSR count). The van der Waals surface area contributed by atoms with Crippen LogP contribution in [0.3, 0.4) is 0 Å². The van der Waals surface area contributed by atoms with Gasteiger partial charge in [-0.3, -0.25) is 0 Å². The number of aliphatic hydroxyl groups is 1. The average molecular weight is 404 g/mol. The SMILES string of the molecule is COc1cc(CNC[C@H](O)c2ccccc2)cc(Cl)c1OCc1cccs1. The molecule has 1 atom stereocenters. The highest BCUT2D eigenvalue weighted by Crippen LogP contribution is 2.37. The van der Waals surface area contributed by atoms with E-state index in [1.807, 2.05) is 60.0 Å². The van der Waals surface area contributed by atoms with E-state index in [1.165, 1.54) is 0 Å². The van der Waals surface area contributed by atoms with Crippen molar-refractivity contribution in [2.45, 2.75) is 19.3 Å². The van der Waals surface area contributed by atoms with E-state index in [0.717, 1.165) is 16.0 Å². The molecule has 3 aromatic rings. The van der Waals surface area contributed by atoms with Gasteiger partial charge in [0, 0.05) is 18.0 Å². The molecule has 1 heterocycles. The summed E-state index contributed by atoms with van der Waals surface area (Å²) >= 11 is 8.05. The fraction of sp³-hybridized carbons (Fsp3) is 0.238. The van der Waals surface area contributed by atoms with Crippen LogP contribution in [-0.2, 0) is 13.2 Å². The summed E-state index contributed by atoms with van der Waals surface area (Å²) in [6.07, 6.45) is -0.558. The zero-order chi connectivity index (χ0) is 19.1. The lowest BCUT2D eigenvalue weighted by molar-refractivity contribution is 0.174. The minimum atomic E-state index is -0.558. The Bertz CT molecular complexity index is 840. The molecule has 0 saturated carbocycles. The largest absolute Gasteiger partial charge is 0.493 e. The Hall–Kier alpha value is -2.05. The van der Waals surface area contributed by atoms with Gasteiger partial charge in [0.1, 0.15) is 6.61 Å². The van der Waals surface area contributed by atoms with Gasteiger partial charge in [-0.25, -0.2) is 0 Å². The van der Waals surface area contributed by atoms with E-state index >= 15 is 0 Å². The Kier molecular flexibility index (Phi) is 7.12. The van der Waals surface area contributed by atoms with E-state index in [9.17, 15) is 5.11 Å². The predicted molar refractivity (Wildman–Crippen MR) is 110 cm³/mol. The van der Waals surface area contributed by atoms with Crippen LogP contribution in [0.4, 0.5) is 0 Å². The molecule has 0 amide bonds. The first-order valence-electron chi connectivity index (χ1n) is 8.62. The van der Waals surface area contributed by atoms with Crippen molar-refractivity contribution in [1.82, 2.24) is 5.32 Å². The van der Waals surface area contributed by atoms with E-state index in [0.29, 0.717) is 36.2 Å². The summed E-state index contributed by atoms with van der Waals surface area (Å²) in [6.45, 7) is 1.46. The number of thiophene rings is 1. The summed E-state index contributed by atoms with van der Waals surface area (Å²) in [6, 6.07) is 17.3. The van der Waals surface area contributed by atoms with Gasteiger partial charge in [-0.05, 0) is 34.7 Å². The Morgan fingerprint density at radius 1 is 1.15 bits per heavy atom. The van der Waals surface area contributed by atoms with Crippen LogP contribution in [0.2, 0.25) is 5.02 Å². The highest BCUT2D eigenvalue weighted by molar-refractivity contribution is 7.09. The molecule has 27 heavy (non-hydrogen) atoms. The highest BCUT2D eigenvalue weighted by Gasteiger charge is 2.13. The van der Waals surface area contributed by atoms with Crippen LogP contribution in [0.25, 0.3) is 0 Å². The Morgan fingerprint density at radius 2 is 1.96 bits per heavy atom. The molecule has 0 aliphatic carbocycles. The molecule has 0 aliphatic heterocycles. The van der Waals surface area contributed by atoms with Crippen LogP contribution in [0.5, 0.6) is 11.5 Å². The predicted octanol–water partition coefficient (Wildman–Crippen LogP) is 4.81. The maximum Gasteiger partial charge on any atom is 0.180 e. The first-order chi connectivity index (χ1) is 13.2. The summed E-state index contributed by atoms with van der Waals surface area (Å²) in [5.41, 5.74) is 1.85. The molecule has 142 valence electrons. The summed E-state index contributed by atoms with van der Waals surface area (Å²) in [4.78, 5) is 1.12. The van der Waals surface area contributed by atoms with Gasteiger partial charge >= 0.3 is 0 Å². The second-order valence-electron chi connectivity index (χ2n) is 6.03. The van der Waals surface area contributed by atoms with Gasteiger partial charge in [-0.15, -0.1) is 11.3 Å². The lowest BCUT2D eigenvalue weighted by atomic mass is 10.1. The van der Waals surface area contributed by atoms with Gasteiger partial charge < -0.3 is 19.9 Å². The Morgan fingerprint density at radius 3 is 2.67 bits per heavy atom. The van der Waals surface area contributed by atoms with Gasteiger partial charge in [0.15, 0.2) is 11.5 Å². The van der Waals surface area contributed by atoms with Crippen LogP contribution in [0.15, 0.2) is 60.0 Å². The van der Waals surface area contributed by atoms with Crippen molar-refractivity contribution in [3.05, 3.63) is 81.0 Å². The molecular formula is C21H22ClNO3S. The smallest absolute Gasteiger partial charge is 0.180 e. The van der Waals surface area contributed by atoms with Crippen LogP contribution < -0.4 is 14.8 Å². The minimum Gasteiger partial charge on any atom is -0.493 e. The zero-order valence-corrected chi connectivity index (χ0v) is 16.6. The molecule has 6 heteroatoms. The Balaban J connectivity index is 1.60. The average Bonchev–Trinajstić information content (AvgIpc) is 3.21. The fourth-order valence-corrected chi connectivity index (χ4v) is 3.60. The Labute approximate surface area is 168 Å². The third-order valence-electron chi connectivity index (χ3n) is 4.08. The maximum atomic E-state index is 10.2. The van der Waals surface area contributed by atoms with E-state index in [2.05, 4.69) is 5.32 Å². The molecule has 0 radical (unpaired) electrons. The number of hydrogen-bond donors (Lipinski definition) is 2. The van der Waals surface area contributed by atoms with Crippen molar-refractivity contribution < 1.29 is 14.6 Å². The molecular weight excluding hydrogens is 382 g/mol. The molecule has 2 aromatic carbocycles. The zero-order valence-electron chi connectivity index (χ0n) is 15.0. The first-order valence-corrected chi connectivity index (χ1v) is 9.88. The summed E-state index contributed by atoms with van der Waals surface area (Å²) in [5, 5.41) is 16.0. The van der Waals surface area contributed by atoms with Crippen molar-refractivity contribution in [3.63, 3.8) is 0 Å². The van der Waals surface area contributed by atoms with Gasteiger partial charge in [-0.1, -0.05) is 48.0 Å². The summed E-state index contributed by atoms with van der Waals surface area (Å²) in [5.74, 6) is 1.14. The van der Waals surface area contributed by atoms with E-state index in [-0.39, 0.29) is 0 Å². The quantitative estimate of drug-likeness (QED) is 0.538. The minimum absolute atomic E-state index is 0.445. The maximum absolute atomic E-state index is 10.2. The van der Waals surface area contributed by atoms with E-state index in [4.69, 9.17) is 21.1 Å². The van der Waals surface area contributed by atoms with Crippen molar-refractivity contribution in [2.75, 3.05) is 13.7 Å². The van der Waals surface area contributed by atoms with Crippen LogP contribution in [0, 0.1) is 0 Å². The van der Waals surface area contributed by atoms with Gasteiger partial charge in [0.2, 0.25) is 0 Å². The molecule has 0 saturated heterocycles. The van der Waals surface area contributed by atoms with Gasteiger partial charge in [0.05, 0.1) is 18.2 Å². The molecule has 0 unspecified atom stereocenters. The monoisotopic (exact) mass is 403 g/mol. The van der Waals surface area contributed by atoms with Crippen molar-refractivity contribution in [3.8, 4) is 11.5 Å². The molecule has 4 nitrogen and oxygen atoms in total. The summed E-state index contributed by atoms with van der Waals surface area (Å²) < 4.78 is 11.3. The van der Waals surface area contributed by atoms with Gasteiger partial charge in [0.25, 0.3) is 0 Å². The lowest BCUT2D eigenvalue weighted by Gasteiger charge is -2.15. The molecule has 0 spiro atoms. The number of ether oxygens (including phenoxy) is 2. The van der Waals surface area contributed by atoms with Crippen LogP contribution in [-0.4, -0.2) is 18.8 Å². The molecule has 0 aliphatic rings. The normalized spacial score (nSPS) is 12.0. The van der Waals surface area contributed by atoms with Crippen molar-refractivity contribution in [2.24, 2.45) is 0 Å². The third-order valence-corrected chi connectivity index (χ3v) is 5.21. The summed E-state index contributed by atoms with van der Waals surface area (Å²) in [7, 11) is 1.60. The molecule has 2 N–H and O–H groups in total. The van der Waals surface area contributed by atoms with Crippen LogP contribution >= 0.6 is 22.9 Å². The molecule has 1 aromatic heterocycles. The lowest BCUT2D eigenvalue weighted by Crippen LogP contribution is -2.21. The second-order valence-corrected chi connectivity index (χ2v) is 7.47. The third kappa shape index (κ3) is 5.47. The number of halogens is 1. The number of hydrogen-bond acceptors (Lipinski definition) is 5. The van der Waals surface area contributed by atoms with Crippen LogP contribution in [0.1, 0.15) is 22.1 Å². The number of aliphatic hydroxyl groups excluding tert-OH is 1. The fourth-order valence-electron chi connectivity index (χ4n) is 2.70.